The van der Waals surface area contributed by atoms with E-state index in [1.54, 1.807) is 6.07 Å². The Kier molecular flexibility index (Phi) is 3.89. The van der Waals surface area contributed by atoms with Gasteiger partial charge in [0.2, 0.25) is 0 Å². The fourth-order valence-corrected chi connectivity index (χ4v) is 2.69. The SMILES string of the molecule is O=S(=O)(Cl)c1ccc(N2CCCCCC2)nc1. The number of nitrogens with zero attached hydrogens (tertiary/aromatic N) is 2. The van der Waals surface area contributed by atoms with Crippen molar-refractivity contribution in [2.75, 3.05) is 18.0 Å². The minimum absolute atomic E-state index is 0.0535. The van der Waals surface area contributed by atoms with Gasteiger partial charge in [0.15, 0.2) is 0 Å². The van der Waals surface area contributed by atoms with Crippen molar-refractivity contribution in [1.82, 2.24) is 4.98 Å². The monoisotopic (exact) mass is 274 g/mol. The van der Waals surface area contributed by atoms with E-state index in [4.69, 9.17) is 10.7 Å². The van der Waals surface area contributed by atoms with E-state index in [2.05, 4.69) is 9.88 Å². The zero-order chi connectivity index (χ0) is 12.3. The molecule has 1 fully saturated rings. The number of anilines is 1. The first-order valence-electron chi connectivity index (χ1n) is 5.73. The van der Waals surface area contributed by atoms with E-state index in [0.29, 0.717) is 0 Å². The van der Waals surface area contributed by atoms with Crippen LogP contribution in [0.4, 0.5) is 5.82 Å². The predicted molar refractivity (Wildman–Crippen MR) is 68.0 cm³/mol. The maximum atomic E-state index is 11.1. The van der Waals surface area contributed by atoms with Gasteiger partial charge in [-0.05, 0) is 25.0 Å². The topological polar surface area (TPSA) is 50.3 Å². The molecule has 0 amide bonds. The molecule has 6 heteroatoms. The van der Waals surface area contributed by atoms with E-state index < -0.39 is 9.05 Å². The van der Waals surface area contributed by atoms with Crippen molar-refractivity contribution < 1.29 is 8.42 Å². The summed E-state index contributed by atoms with van der Waals surface area (Å²) in [6, 6.07) is 3.23. The lowest BCUT2D eigenvalue weighted by Gasteiger charge is -2.21. The highest BCUT2D eigenvalue weighted by molar-refractivity contribution is 8.13. The summed E-state index contributed by atoms with van der Waals surface area (Å²) in [6.07, 6.45) is 6.16. The number of hydrogen-bond donors (Lipinski definition) is 0. The van der Waals surface area contributed by atoms with Crippen LogP contribution in [0.5, 0.6) is 0 Å². The molecule has 4 nitrogen and oxygen atoms in total. The molecule has 0 radical (unpaired) electrons. The van der Waals surface area contributed by atoms with Crippen LogP contribution >= 0.6 is 10.7 Å². The lowest BCUT2D eigenvalue weighted by Crippen LogP contribution is -2.24. The molecule has 0 aliphatic carbocycles. The third-order valence-corrected chi connectivity index (χ3v) is 4.27. The van der Waals surface area contributed by atoms with Crippen molar-refractivity contribution in [3.8, 4) is 0 Å². The second kappa shape index (κ2) is 5.23. The van der Waals surface area contributed by atoms with Gasteiger partial charge in [-0.2, -0.15) is 0 Å². The molecule has 1 aromatic rings. The molecule has 94 valence electrons. The molecule has 0 N–H and O–H groups in total. The summed E-state index contributed by atoms with van der Waals surface area (Å²) in [5.41, 5.74) is 0. The van der Waals surface area contributed by atoms with Gasteiger partial charge < -0.3 is 4.90 Å². The van der Waals surface area contributed by atoms with E-state index in [0.717, 1.165) is 31.7 Å². The molecule has 0 atom stereocenters. The van der Waals surface area contributed by atoms with Gasteiger partial charge in [0.25, 0.3) is 9.05 Å². The number of hydrogen-bond acceptors (Lipinski definition) is 4. The quantitative estimate of drug-likeness (QED) is 0.777. The Labute approximate surface area is 106 Å². The summed E-state index contributed by atoms with van der Waals surface area (Å²) in [6.45, 7) is 1.97. The molecule has 17 heavy (non-hydrogen) atoms. The smallest absolute Gasteiger partial charge is 0.262 e. The summed E-state index contributed by atoms with van der Waals surface area (Å²) < 4.78 is 22.2. The second-order valence-corrected chi connectivity index (χ2v) is 6.76. The Morgan fingerprint density at radius 2 is 1.76 bits per heavy atom. The summed E-state index contributed by atoms with van der Waals surface area (Å²) in [5.74, 6) is 0.830. The van der Waals surface area contributed by atoms with Crippen molar-refractivity contribution in [2.45, 2.75) is 30.6 Å². The Hall–Kier alpha value is -0.810. The lowest BCUT2D eigenvalue weighted by molar-refractivity contribution is 0.609. The van der Waals surface area contributed by atoms with Crippen LogP contribution in [0, 0.1) is 0 Å². The summed E-state index contributed by atoms with van der Waals surface area (Å²) in [5, 5.41) is 0. The minimum Gasteiger partial charge on any atom is -0.357 e. The molecule has 1 saturated heterocycles. The lowest BCUT2D eigenvalue weighted by atomic mass is 10.2. The van der Waals surface area contributed by atoms with Crippen LogP contribution in [0.2, 0.25) is 0 Å². The van der Waals surface area contributed by atoms with Crippen LogP contribution in [0.3, 0.4) is 0 Å². The number of aromatic nitrogens is 1. The number of halogens is 1. The highest BCUT2D eigenvalue weighted by atomic mass is 35.7. The van der Waals surface area contributed by atoms with Gasteiger partial charge in [-0.25, -0.2) is 13.4 Å². The summed E-state index contributed by atoms with van der Waals surface area (Å²) >= 11 is 0. The van der Waals surface area contributed by atoms with Crippen molar-refractivity contribution in [3.63, 3.8) is 0 Å². The molecule has 0 saturated carbocycles. The van der Waals surface area contributed by atoms with E-state index in [1.807, 2.05) is 0 Å². The van der Waals surface area contributed by atoms with Crippen LogP contribution in [0.1, 0.15) is 25.7 Å². The van der Waals surface area contributed by atoms with Crippen molar-refractivity contribution >= 4 is 25.6 Å². The number of rotatable bonds is 2. The van der Waals surface area contributed by atoms with Gasteiger partial charge in [0, 0.05) is 30.0 Å². The molecule has 1 aliphatic heterocycles. The van der Waals surface area contributed by atoms with E-state index in [-0.39, 0.29) is 4.90 Å². The normalized spacial score (nSPS) is 17.8. The second-order valence-electron chi connectivity index (χ2n) is 4.19. The fraction of sp³-hybridized carbons (Fsp3) is 0.545. The van der Waals surface area contributed by atoms with Crippen molar-refractivity contribution in [2.24, 2.45) is 0 Å². The van der Waals surface area contributed by atoms with Crippen LogP contribution < -0.4 is 4.90 Å². The molecular formula is C11H15ClN2O2S. The zero-order valence-electron chi connectivity index (χ0n) is 9.47. The van der Waals surface area contributed by atoms with Crippen molar-refractivity contribution in [3.05, 3.63) is 18.3 Å². The van der Waals surface area contributed by atoms with Crippen LogP contribution in [-0.2, 0) is 9.05 Å². The molecule has 1 aliphatic rings. The molecule has 0 aromatic carbocycles. The summed E-state index contributed by atoms with van der Waals surface area (Å²) in [7, 11) is 1.58. The van der Waals surface area contributed by atoms with Crippen LogP contribution in [-0.4, -0.2) is 26.5 Å². The molecule has 0 bridgehead atoms. The van der Waals surface area contributed by atoms with Crippen LogP contribution in [0.25, 0.3) is 0 Å². The summed E-state index contributed by atoms with van der Waals surface area (Å²) in [4.78, 5) is 6.42. The first kappa shape index (κ1) is 12.6. The van der Waals surface area contributed by atoms with Gasteiger partial charge in [0.1, 0.15) is 10.7 Å². The minimum atomic E-state index is -3.67. The molecular weight excluding hydrogens is 260 g/mol. The Balaban J connectivity index is 2.17. The average Bonchev–Trinajstić information content (AvgIpc) is 2.56. The average molecular weight is 275 g/mol. The Morgan fingerprint density at radius 3 is 2.24 bits per heavy atom. The maximum Gasteiger partial charge on any atom is 0.262 e. The van der Waals surface area contributed by atoms with Gasteiger partial charge in [-0.1, -0.05) is 12.8 Å². The van der Waals surface area contributed by atoms with Gasteiger partial charge in [-0.15, -0.1) is 0 Å². The number of pyridine rings is 1. The van der Waals surface area contributed by atoms with E-state index >= 15 is 0 Å². The first-order valence-corrected chi connectivity index (χ1v) is 8.04. The molecule has 2 heterocycles. The van der Waals surface area contributed by atoms with E-state index in [1.165, 1.54) is 25.1 Å². The third-order valence-electron chi connectivity index (χ3n) is 2.93. The molecule has 1 aromatic heterocycles. The van der Waals surface area contributed by atoms with Crippen molar-refractivity contribution in [1.29, 1.82) is 0 Å². The fourth-order valence-electron chi connectivity index (χ4n) is 2.00. The van der Waals surface area contributed by atoms with Gasteiger partial charge in [0.05, 0.1) is 0 Å². The van der Waals surface area contributed by atoms with Crippen LogP contribution in [0.15, 0.2) is 23.2 Å². The first-order chi connectivity index (χ1) is 8.07. The predicted octanol–water partition coefficient (Wildman–Crippen LogP) is 2.39. The Morgan fingerprint density at radius 1 is 1.12 bits per heavy atom. The maximum absolute atomic E-state index is 11.1. The molecule has 0 unspecified atom stereocenters. The molecule has 2 rings (SSSR count). The van der Waals surface area contributed by atoms with E-state index in [9.17, 15) is 8.42 Å². The van der Waals surface area contributed by atoms with Gasteiger partial charge >= 0.3 is 0 Å². The zero-order valence-corrected chi connectivity index (χ0v) is 11.0. The Bertz CT molecular complexity index is 465. The largest absolute Gasteiger partial charge is 0.357 e. The van der Waals surface area contributed by atoms with Gasteiger partial charge in [-0.3, -0.25) is 0 Å². The highest BCUT2D eigenvalue weighted by Crippen LogP contribution is 2.20. The highest BCUT2D eigenvalue weighted by Gasteiger charge is 2.14. The molecule has 0 spiro atoms. The third kappa shape index (κ3) is 3.33. The standard InChI is InChI=1S/C11H15ClN2O2S/c12-17(15,16)10-5-6-11(13-9-10)14-7-3-1-2-4-8-14/h5-6,9H,1-4,7-8H2.